The molecule has 3 aromatic heterocycles. The number of methoxy groups -OCH3 is 1. The number of ketones is 1. The number of carbonyl (C=O) groups is 4. The number of Topliss-reactive ketones (excluding diaryl/α,β-unsaturated/α-hetero) is 1. The number of thiophene rings is 1. The lowest BCUT2D eigenvalue weighted by Gasteiger charge is -2.28. The number of furan rings is 1. The molecule has 4 aromatic rings. The molecule has 0 saturated carbocycles. The van der Waals surface area contributed by atoms with Crippen LogP contribution in [0.15, 0.2) is 70.7 Å². The summed E-state index contributed by atoms with van der Waals surface area (Å²) in [5.41, 5.74) is 1.27. The van der Waals surface area contributed by atoms with Crippen LogP contribution in [0.1, 0.15) is 16.9 Å². The minimum absolute atomic E-state index is 0.0342. The molecule has 0 spiro atoms. The second kappa shape index (κ2) is 11.6. The summed E-state index contributed by atoms with van der Waals surface area (Å²) < 4.78 is 16.2. The molecule has 5 heterocycles. The van der Waals surface area contributed by atoms with Crippen LogP contribution in [0.25, 0.3) is 11.0 Å². The summed E-state index contributed by atoms with van der Waals surface area (Å²) in [5, 5.41) is 5.25. The minimum atomic E-state index is -0.993. The van der Waals surface area contributed by atoms with E-state index in [1.165, 1.54) is 16.2 Å². The molecule has 3 atom stereocenters. The second-order valence-corrected chi connectivity index (χ2v) is 11.2. The molecule has 1 aromatic carbocycles. The molecule has 11 nitrogen and oxygen atoms in total. The number of hydrogen-bond acceptors (Lipinski definition) is 9. The Kier molecular flexibility index (Phi) is 7.62. The van der Waals surface area contributed by atoms with Gasteiger partial charge in [0.05, 0.1) is 26.1 Å². The maximum Gasteiger partial charge on any atom is 0.415 e. The SMILES string of the molecule is COc1ccc2oc(OC(=O)NC(Cc3cccs3)C(=O)N3CCC4C3C(=O)CN4C(=O)Cc3cccnc3)cc2c1. The van der Waals surface area contributed by atoms with E-state index in [9.17, 15) is 19.2 Å². The monoisotopic (exact) mass is 588 g/mol. The fraction of sp³-hybridized carbons (Fsp3) is 0.300. The van der Waals surface area contributed by atoms with Crippen molar-refractivity contribution in [3.63, 3.8) is 0 Å². The first kappa shape index (κ1) is 27.5. The molecule has 42 heavy (non-hydrogen) atoms. The van der Waals surface area contributed by atoms with Crippen LogP contribution in [0.4, 0.5) is 4.79 Å². The largest absolute Gasteiger partial charge is 0.497 e. The predicted molar refractivity (Wildman–Crippen MR) is 152 cm³/mol. The lowest BCUT2D eigenvalue weighted by Crippen LogP contribution is -2.53. The molecule has 6 rings (SSSR count). The summed E-state index contributed by atoms with van der Waals surface area (Å²) in [6, 6.07) is 11.9. The number of aromatic nitrogens is 1. The molecule has 2 saturated heterocycles. The van der Waals surface area contributed by atoms with Crippen LogP contribution in [0.2, 0.25) is 0 Å². The van der Waals surface area contributed by atoms with Crippen molar-refractivity contribution in [2.45, 2.75) is 37.4 Å². The van der Waals surface area contributed by atoms with Crippen molar-refractivity contribution in [2.24, 2.45) is 0 Å². The summed E-state index contributed by atoms with van der Waals surface area (Å²) in [4.78, 5) is 61.1. The standard InChI is InChI=1S/C30H28N4O7S/c1-39-20-6-7-25-19(13-20)14-27(40-25)41-30(38)32-22(15-21-5-3-11-42-21)29(37)33-10-8-23-28(33)24(35)17-34(23)26(36)12-18-4-2-9-31-16-18/h2-7,9,11,13-14,16,22-23,28H,8,10,12,15,17H2,1H3,(H,32,38). The van der Waals surface area contributed by atoms with Crippen molar-refractivity contribution in [3.8, 4) is 11.7 Å². The van der Waals surface area contributed by atoms with Gasteiger partial charge in [-0.3, -0.25) is 19.4 Å². The van der Waals surface area contributed by atoms with Crippen LogP contribution < -0.4 is 14.8 Å². The van der Waals surface area contributed by atoms with E-state index in [1.807, 2.05) is 23.6 Å². The van der Waals surface area contributed by atoms with Gasteiger partial charge in [-0.2, -0.15) is 0 Å². The summed E-state index contributed by atoms with van der Waals surface area (Å²) in [7, 11) is 1.55. The minimum Gasteiger partial charge on any atom is -0.497 e. The van der Waals surface area contributed by atoms with Gasteiger partial charge in [-0.25, -0.2) is 4.79 Å². The number of likely N-dealkylation sites (tertiary alicyclic amines) is 2. The molecule has 2 aliphatic heterocycles. The Morgan fingerprint density at radius 2 is 2.05 bits per heavy atom. The van der Waals surface area contributed by atoms with Gasteiger partial charge in [0.25, 0.3) is 5.95 Å². The van der Waals surface area contributed by atoms with Crippen LogP contribution in [0, 0.1) is 0 Å². The van der Waals surface area contributed by atoms with E-state index in [2.05, 4.69) is 10.3 Å². The molecule has 2 aliphatic rings. The Bertz CT molecular complexity index is 1620. The van der Waals surface area contributed by atoms with Crippen molar-refractivity contribution < 1.29 is 33.1 Å². The summed E-state index contributed by atoms with van der Waals surface area (Å²) in [6.45, 7) is 0.236. The Morgan fingerprint density at radius 1 is 1.17 bits per heavy atom. The molecule has 1 N–H and O–H groups in total. The fourth-order valence-electron chi connectivity index (χ4n) is 5.64. The number of hydrogen-bond donors (Lipinski definition) is 1. The quantitative estimate of drug-likeness (QED) is 0.332. The number of nitrogens with zero attached hydrogens (tertiary/aromatic N) is 3. The van der Waals surface area contributed by atoms with E-state index < -0.39 is 30.1 Å². The smallest absolute Gasteiger partial charge is 0.415 e. The molecule has 0 aliphatic carbocycles. The van der Waals surface area contributed by atoms with Crippen molar-refractivity contribution in [1.82, 2.24) is 20.1 Å². The number of ether oxygens (including phenoxy) is 2. The highest BCUT2D eigenvalue weighted by Gasteiger charge is 2.52. The number of nitrogens with one attached hydrogen (secondary N) is 1. The first-order valence-corrected chi connectivity index (χ1v) is 14.4. The van der Waals surface area contributed by atoms with Crippen molar-refractivity contribution in [1.29, 1.82) is 0 Å². The van der Waals surface area contributed by atoms with Gasteiger partial charge in [-0.05, 0) is 47.7 Å². The van der Waals surface area contributed by atoms with Gasteiger partial charge < -0.3 is 29.0 Å². The van der Waals surface area contributed by atoms with Gasteiger partial charge in [0.15, 0.2) is 5.78 Å². The maximum atomic E-state index is 13.9. The zero-order valence-electron chi connectivity index (χ0n) is 22.7. The number of fused-ring (bicyclic) bond motifs is 2. The van der Waals surface area contributed by atoms with Crippen LogP contribution in [-0.4, -0.2) is 76.8 Å². The molecule has 0 bridgehead atoms. The first-order chi connectivity index (χ1) is 20.4. The number of amides is 3. The highest BCUT2D eigenvalue weighted by atomic mass is 32.1. The second-order valence-electron chi connectivity index (χ2n) is 10.2. The number of benzene rings is 1. The molecular weight excluding hydrogens is 560 g/mol. The molecule has 2 fully saturated rings. The van der Waals surface area contributed by atoms with E-state index in [1.54, 1.807) is 54.7 Å². The third-order valence-corrected chi connectivity index (χ3v) is 8.47. The zero-order chi connectivity index (χ0) is 29.2. The number of carbonyl (C=O) groups excluding carboxylic acids is 4. The van der Waals surface area contributed by atoms with Crippen LogP contribution in [-0.2, 0) is 27.2 Å². The summed E-state index contributed by atoms with van der Waals surface area (Å²) in [5.74, 6) is -0.187. The normalized spacial score (nSPS) is 18.6. The van der Waals surface area contributed by atoms with Gasteiger partial charge in [0.2, 0.25) is 11.8 Å². The average Bonchev–Trinajstić information content (AvgIpc) is 3.78. The third kappa shape index (κ3) is 5.57. The Labute approximate surface area is 245 Å². The topological polar surface area (TPSA) is 131 Å². The predicted octanol–water partition coefficient (Wildman–Crippen LogP) is 3.22. The Morgan fingerprint density at radius 3 is 2.81 bits per heavy atom. The summed E-state index contributed by atoms with van der Waals surface area (Å²) >= 11 is 1.46. The average molecular weight is 589 g/mol. The lowest BCUT2D eigenvalue weighted by molar-refractivity contribution is -0.138. The molecule has 0 radical (unpaired) electrons. The van der Waals surface area contributed by atoms with Crippen molar-refractivity contribution in [3.05, 3.63) is 76.7 Å². The number of pyridine rings is 1. The van der Waals surface area contributed by atoms with Crippen molar-refractivity contribution in [2.75, 3.05) is 20.2 Å². The van der Waals surface area contributed by atoms with Crippen molar-refractivity contribution >= 4 is 46.0 Å². The molecule has 12 heteroatoms. The van der Waals surface area contributed by atoms with Crippen LogP contribution >= 0.6 is 11.3 Å². The lowest BCUT2D eigenvalue weighted by atomic mass is 10.1. The molecular formula is C30H28N4O7S. The van der Waals surface area contributed by atoms with Gasteiger partial charge in [-0.15, -0.1) is 11.3 Å². The highest BCUT2D eigenvalue weighted by Crippen LogP contribution is 2.32. The van der Waals surface area contributed by atoms with E-state index in [0.717, 1.165) is 10.4 Å². The summed E-state index contributed by atoms with van der Waals surface area (Å²) in [6.07, 6.45) is 3.21. The molecule has 3 amide bonds. The highest BCUT2D eigenvalue weighted by molar-refractivity contribution is 7.09. The Balaban J connectivity index is 1.16. The van der Waals surface area contributed by atoms with Gasteiger partial charge in [-0.1, -0.05) is 12.1 Å². The van der Waals surface area contributed by atoms with E-state index in [4.69, 9.17) is 13.9 Å². The zero-order valence-corrected chi connectivity index (χ0v) is 23.5. The number of rotatable bonds is 8. The van der Waals surface area contributed by atoms with E-state index in [0.29, 0.717) is 29.7 Å². The van der Waals surface area contributed by atoms with E-state index >= 15 is 0 Å². The Hall–Kier alpha value is -4.71. The molecule has 3 unspecified atom stereocenters. The third-order valence-electron chi connectivity index (χ3n) is 7.57. The van der Waals surface area contributed by atoms with Gasteiger partial charge >= 0.3 is 6.09 Å². The maximum absolute atomic E-state index is 13.9. The molecule has 216 valence electrons. The van der Waals surface area contributed by atoms with Crippen LogP contribution in [0.5, 0.6) is 11.7 Å². The van der Waals surface area contributed by atoms with E-state index in [-0.39, 0.29) is 37.0 Å². The van der Waals surface area contributed by atoms with Gasteiger partial charge in [0, 0.05) is 41.7 Å². The van der Waals surface area contributed by atoms with Gasteiger partial charge in [0.1, 0.15) is 23.4 Å². The first-order valence-electron chi connectivity index (χ1n) is 13.5. The van der Waals surface area contributed by atoms with Crippen LogP contribution in [0.3, 0.4) is 0 Å². The fourth-order valence-corrected chi connectivity index (χ4v) is 6.39.